The van der Waals surface area contributed by atoms with Crippen molar-refractivity contribution in [2.45, 2.75) is 6.36 Å². The summed E-state index contributed by atoms with van der Waals surface area (Å²) in [5.74, 6) is -0.197. The third-order valence-corrected chi connectivity index (χ3v) is 1.91. The molecule has 77 valence electrons. The molecule has 0 aliphatic carbocycles. The number of hydrogen-bond acceptors (Lipinski definition) is 1. The molecule has 0 aliphatic rings. The Morgan fingerprint density at radius 2 is 1.93 bits per heavy atom. The summed E-state index contributed by atoms with van der Waals surface area (Å²) in [4.78, 5) is 0. The van der Waals surface area contributed by atoms with E-state index >= 15 is 0 Å². The van der Waals surface area contributed by atoms with Crippen LogP contribution < -0.4 is 4.74 Å². The fraction of sp³-hybridized carbons (Fsp3) is 0.0909. The van der Waals surface area contributed by atoms with E-state index in [0.29, 0.717) is 10.8 Å². The van der Waals surface area contributed by atoms with Gasteiger partial charge in [0.15, 0.2) is 0 Å². The summed E-state index contributed by atoms with van der Waals surface area (Å²) in [5, 5.41) is 1.09. The topological polar surface area (TPSA) is 9.23 Å². The average molecular weight is 211 g/mol. The monoisotopic (exact) mass is 211 g/mol. The van der Waals surface area contributed by atoms with Crippen LogP contribution in [0.15, 0.2) is 36.4 Å². The van der Waals surface area contributed by atoms with Gasteiger partial charge in [-0.05, 0) is 23.6 Å². The van der Waals surface area contributed by atoms with Gasteiger partial charge in [-0.1, -0.05) is 24.3 Å². The Kier molecular flexibility index (Phi) is 2.26. The third kappa shape index (κ3) is 2.21. The lowest BCUT2D eigenvalue weighted by Gasteiger charge is -2.10. The van der Waals surface area contributed by atoms with Crippen molar-refractivity contribution in [3.63, 3.8) is 0 Å². The number of alkyl halides is 3. The van der Waals surface area contributed by atoms with Crippen molar-refractivity contribution in [2.24, 2.45) is 0 Å². The van der Waals surface area contributed by atoms with Crippen LogP contribution in [0.4, 0.5) is 13.2 Å². The maximum absolute atomic E-state index is 12.0. The zero-order valence-electron chi connectivity index (χ0n) is 7.51. The third-order valence-electron chi connectivity index (χ3n) is 1.91. The molecule has 4 heteroatoms. The summed E-state index contributed by atoms with van der Waals surface area (Å²) >= 11 is 0. The Morgan fingerprint density at radius 1 is 1.13 bits per heavy atom. The van der Waals surface area contributed by atoms with E-state index in [2.05, 4.69) is 10.8 Å². The van der Waals surface area contributed by atoms with Crippen molar-refractivity contribution in [1.29, 1.82) is 0 Å². The number of benzene rings is 2. The number of rotatable bonds is 1. The Morgan fingerprint density at radius 3 is 2.67 bits per heavy atom. The predicted octanol–water partition coefficient (Wildman–Crippen LogP) is 3.54. The second kappa shape index (κ2) is 3.46. The van der Waals surface area contributed by atoms with Crippen molar-refractivity contribution in [2.75, 3.05) is 0 Å². The van der Waals surface area contributed by atoms with Gasteiger partial charge in [-0.15, -0.1) is 13.2 Å². The van der Waals surface area contributed by atoms with Crippen molar-refractivity contribution in [1.82, 2.24) is 0 Å². The first-order valence-corrected chi connectivity index (χ1v) is 4.21. The van der Waals surface area contributed by atoms with Gasteiger partial charge in [-0.25, -0.2) is 0 Å². The minimum absolute atomic E-state index is 0.197. The van der Waals surface area contributed by atoms with Crippen LogP contribution in [-0.2, 0) is 0 Å². The largest absolute Gasteiger partial charge is 0.573 e. The molecule has 2 aromatic carbocycles. The van der Waals surface area contributed by atoms with Gasteiger partial charge in [0.1, 0.15) is 5.75 Å². The smallest absolute Gasteiger partial charge is 0.405 e. The zero-order valence-corrected chi connectivity index (χ0v) is 7.51. The normalized spacial score (nSPS) is 11.7. The molecule has 1 nitrogen and oxygen atoms in total. The van der Waals surface area contributed by atoms with Gasteiger partial charge in [0.2, 0.25) is 0 Å². The van der Waals surface area contributed by atoms with Crippen molar-refractivity contribution in [3.05, 3.63) is 42.5 Å². The standard InChI is InChI=1S/C11H6F3O/c12-11(13,14)15-10-7-3-5-8-4-1-2-6-9(8)10/h1,3-7H. The van der Waals surface area contributed by atoms with Crippen LogP contribution in [-0.4, -0.2) is 6.36 Å². The van der Waals surface area contributed by atoms with Gasteiger partial charge < -0.3 is 4.74 Å². The summed E-state index contributed by atoms with van der Waals surface area (Å²) in [7, 11) is 0. The molecule has 0 spiro atoms. The van der Waals surface area contributed by atoms with E-state index in [4.69, 9.17) is 0 Å². The van der Waals surface area contributed by atoms with E-state index in [-0.39, 0.29) is 5.75 Å². The highest BCUT2D eigenvalue weighted by molar-refractivity contribution is 5.88. The molecule has 0 heterocycles. The molecule has 0 fully saturated rings. The molecule has 0 N–H and O–H groups in total. The number of halogens is 3. The first-order chi connectivity index (χ1) is 7.06. The van der Waals surface area contributed by atoms with Gasteiger partial charge in [0.05, 0.1) is 0 Å². The van der Waals surface area contributed by atoms with Crippen LogP contribution in [0.3, 0.4) is 0 Å². The molecular weight excluding hydrogens is 205 g/mol. The molecule has 0 saturated heterocycles. The molecule has 0 atom stereocenters. The highest BCUT2D eigenvalue weighted by Gasteiger charge is 2.31. The van der Waals surface area contributed by atoms with E-state index in [1.165, 1.54) is 18.2 Å². The van der Waals surface area contributed by atoms with E-state index < -0.39 is 6.36 Å². The Bertz CT molecular complexity index is 471. The van der Waals surface area contributed by atoms with Crippen molar-refractivity contribution < 1.29 is 17.9 Å². The van der Waals surface area contributed by atoms with Crippen LogP contribution in [0.25, 0.3) is 10.8 Å². The molecule has 2 aromatic rings. The quantitative estimate of drug-likeness (QED) is 0.701. The van der Waals surface area contributed by atoms with Gasteiger partial charge >= 0.3 is 6.36 Å². The molecule has 0 aliphatic heterocycles. The lowest BCUT2D eigenvalue weighted by atomic mass is 10.1. The minimum Gasteiger partial charge on any atom is -0.405 e. The second-order valence-corrected chi connectivity index (χ2v) is 2.95. The zero-order chi connectivity index (χ0) is 10.9. The average Bonchev–Trinajstić information content (AvgIpc) is 2.16. The van der Waals surface area contributed by atoms with Gasteiger partial charge in [-0.3, -0.25) is 0 Å². The van der Waals surface area contributed by atoms with Gasteiger partial charge in [0, 0.05) is 5.39 Å². The molecule has 0 amide bonds. The maximum Gasteiger partial charge on any atom is 0.573 e. The fourth-order valence-electron chi connectivity index (χ4n) is 1.34. The Hall–Kier alpha value is -1.71. The lowest BCUT2D eigenvalue weighted by Crippen LogP contribution is -2.17. The summed E-state index contributed by atoms with van der Waals surface area (Å²) in [5.41, 5.74) is 0. The summed E-state index contributed by atoms with van der Waals surface area (Å²) < 4.78 is 40.0. The fourth-order valence-corrected chi connectivity index (χ4v) is 1.34. The molecule has 0 bridgehead atoms. The summed E-state index contributed by atoms with van der Waals surface area (Å²) in [6, 6.07) is 12.0. The van der Waals surface area contributed by atoms with Crippen LogP contribution in [0, 0.1) is 6.07 Å². The van der Waals surface area contributed by atoms with E-state index in [0.717, 1.165) is 0 Å². The number of hydrogen-bond donors (Lipinski definition) is 0. The second-order valence-electron chi connectivity index (χ2n) is 2.95. The predicted molar refractivity (Wildman–Crippen MR) is 49.5 cm³/mol. The summed E-state index contributed by atoms with van der Waals surface area (Å²) in [6.07, 6.45) is -4.66. The maximum atomic E-state index is 12.0. The van der Waals surface area contributed by atoms with Crippen LogP contribution >= 0.6 is 0 Å². The minimum atomic E-state index is -4.66. The first kappa shape index (κ1) is 9.83. The van der Waals surface area contributed by atoms with Gasteiger partial charge in [-0.2, -0.15) is 0 Å². The van der Waals surface area contributed by atoms with E-state index in [1.54, 1.807) is 18.2 Å². The van der Waals surface area contributed by atoms with E-state index in [9.17, 15) is 13.2 Å². The Labute approximate surface area is 84.1 Å². The summed E-state index contributed by atoms with van der Waals surface area (Å²) in [6.45, 7) is 0. The number of fused-ring (bicyclic) bond motifs is 1. The molecule has 0 unspecified atom stereocenters. The van der Waals surface area contributed by atoms with Crippen molar-refractivity contribution >= 4 is 10.8 Å². The SMILES string of the molecule is FC(F)(F)Oc1cccc2cc[c]cc12. The van der Waals surface area contributed by atoms with E-state index in [1.807, 2.05) is 0 Å². The Balaban J connectivity index is 2.52. The molecular formula is C11H6F3O. The first-order valence-electron chi connectivity index (χ1n) is 4.21. The highest BCUT2D eigenvalue weighted by atomic mass is 19.4. The highest BCUT2D eigenvalue weighted by Crippen LogP contribution is 2.29. The van der Waals surface area contributed by atoms with Crippen LogP contribution in [0.2, 0.25) is 0 Å². The lowest BCUT2D eigenvalue weighted by molar-refractivity contribution is -0.274. The molecule has 0 aromatic heterocycles. The molecule has 15 heavy (non-hydrogen) atoms. The molecule has 2 rings (SSSR count). The van der Waals surface area contributed by atoms with Gasteiger partial charge in [0.25, 0.3) is 0 Å². The van der Waals surface area contributed by atoms with Crippen LogP contribution in [0.1, 0.15) is 0 Å². The molecule has 1 radical (unpaired) electrons. The molecule has 0 saturated carbocycles. The van der Waals surface area contributed by atoms with Crippen molar-refractivity contribution in [3.8, 4) is 5.75 Å². The van der Waals surface area contributed by atoms with Crippen LogP contribution in [0.5, 0.6) is 5.75 Å². The number of ether oxygens (including phenoxy) is 1.